The summed E-state index contributed by atoms with van der Waals surface area (Å²) in [5, 5.41) is 0. The van der Waals surface area contributed by atoms with Gasteiger partial charge in [0.2, 0.25) is 0 Å². The van der Waals surface area contributed by atoms with E-state index in [4.69, 9.17) is 9.47 Å². The van der Waals surface area contributed by atoms with Crippen LogP contribution >= 0.6 is 0 Å². The number of amides is 1. The lowest BCUT2D eigenvalue weighted by atomic mass is 9.93. The Morgan fingerprint density at radius 2 is 1.79 bits per heavy atom. The van der Waals surface area contributed by atoms with Crippen LogP contribution in [0.15, 0.2) is 4.99 Å². The highest BCUT2D eigenvalue weighted by Gasteiger charge is 2.27. The first kappa shape index (κ1) is 19.3. The molecule has 0 aromatic heterocycles. The van der Waals surface area contributed by atoms with Crippen LogP contribution in [0.2, 0.25) is 0 Å². The van der Waals surface area contributed by atoms with E-state index in [1.165, 1.54) is 0 Å². The Morgan fingerprint density at radius 3 is 2.38 bits per heavy atom. The number of ether oxygens (including phenoxy) is 2. The maximum Gasteiger partial charge on any atom is 0.435 e. The predicted octanol–water partition coefficient (Wildman–Crippen LogP) is 0.964. The van der Waals surface area contributed by atoms with Gasteiger partial charge >= 0.3 is 6.09 Å². The zero-order valence-electron chi connectivity index (χ0n) is 15.0. The van der Waals surface area contributed by atoms with E-state index in [9.17, 15) is 9.00 Å². The molecular formula is C16H29N3O4S. The lowest BCUT2D eigenvalue weighted by Crippen LogP contribution is -2.46. The first-order valence-electron chi connectivity index (χ1n) is 8.52. The summed E-state index contributed by atoms with van der Waals surface area (Å²) in [6.45, 7) is 11.5. The van der Waals surface area contributed by atoms with Gasteiger partial charge in [0.15, 0.2) is 0 Å². The second kappa shape index (κ2) is 8.92. The third-order valence-corrected chi connectivity index (χ3v) is 5.36. The molecule has 0 N–H and O–H groups in total. The molecule has 2 heterocycles. The fourth-order valence-electron chi connectivity index (χ4n) is 2.77. The standard InChI is InChI=1S/C16H29N3O4S/c1-16(2,3)14(19-5-9-22-10-6-19)17-15(20)23-11-4-18-7-12-24(21)13-8-18/h4-13H2,1-3H3/b17-14-. The van der Waals surface area contributed by atoms with Gasteiger partial charge in [-0.15, -0.1) is 0 Å². The fourth-order valence-corrected chi connectivity index (χ4v) is 3.90. The van der Waals surface area contributed by atoms with Gasteiger partial charge < -0.3 is 14.4 Å². The normalized spacial score (nSPS) is 21.8. The van der Waals surface area contributed by atoms with Crippen molar-refractivity contribution in [2.75, 3.05) is 64.1 Å². The monoisotopic (exact) mass is 359 g/mol. The molecule has 0 aromatic rings. The molecule has 0 unspecified atom stereocenters. The van der Waals surface area contributed by atoms with Crippen LogP contribution < -0.4 is 0 Å². The van der Waals surface area contributed by atoms with Crippen molar-refractivity contribution in [1.29, 1.82) is 0 Å². The van der Waals surface area contributed by atoms with E-state index in [0.29, 0.717) is 37.9 Å². The van der Waals surface area contributed by atoms with Crippen LogP contribution in [-0.4, -0.2) is 90.0 Å². The van der Waals surface area contributed by atoms with Gasteiger partial charge in [0.1, 0.15) is 12.4 Å². The fraction of sp³-hybridized carbons (Fsp3) is 0.875. The number of nitrogens with zero attached hydrogens (tertiary/aromatic N) is 3. The van der Waals surface area contributed by atoms with Crippen molar-refractivity contribution in [3.63, 3.8) is 0 Å². The minimum absolute atomic E-state index is 0.229. The molecule has 0 aromatic carbocycles. The van der Waals surface area contributed by atoms with Gasteiger partial charge in [0.25, 0.3) is 0 Å². The molecule has 2 aliphatic heterocycles. The molecule has 2 rings (SSSR count). The van der Waals surface area contributed by atoms with E-state index in [1.54, 1.807) is 0 Å². The first-order valence-corrected chi connectivity index (χ1v) is 10.0. The van der Waals surface area contributed by atoms with E-state index in [1.807, 2.05) is 20.8 Å². The van der Waals surface area contributed by atoms with E-state index in [-0.39, 0.29) is 5.41 Å². The molecule has 24 heavy (non-hydrogen) atoms. The maximum absolute atomic E-state index is 12.1. The molecule has 0 bridgehead atoms. The summed E-state index contributed by atoms with van der Waals surface area (Å²) in [5.41, 5.74) is -0.229. The highest BCUT2D eigenvalue weighted by molar-refractivity contribution is 7.85. The number of hydrogen-bond donors (Lipinski definition) is 0. The van der Waals surface area contributed by atoms with Crippen molar-refractivity contribution in [2.45, 2.75) is 20.8 Å². The van der Waals surface area contributed by atoms with E-state index < -0.39 is 16.9 Å². The third kappa shape index (κ3) is 6.14. The number of hydrogen-bond acceptors (Lipinski definition) is 5. The van der Waals surface area contributed by atoms with E-state index in [0.717, 1.165) is 32.0 Å². The molecule has 2 fully saturated rings. The molecule has 0 atom stereocenters. The molecule has 2 saturated heterocycles. The highest BCUT2D eigenvalue weighted by Crippen LogP contribution is 2.20. The number of carbonyl (C=O) groups is 1. The zero-order chi connectivity index (χ0) is 17.6. The van der Waals surface area contributed by atoms with Gasteiger partial charge in [-0.2, -0.15) is 4.99 Å². The van der Waals surface area contributed by atoms with Crippen LogP contribution in [0.4, 0.5) is 4.79 Å². The topological polar surface area (TPSA) is 71.4 Å². The average Bonchev–Trinajstić information content (AvgIpc) is 2.54. The quantitative estimate of drug-likeness (QED) is 0.552. The molecular weight excluding hydrogens is 330 g/mol. The summed E-state index contributed by atoms with van der Waals surface area (Å²) in [7, 11) is -0.683. The van der Waals surface area contributed by atoms with Gasteiger partial charge in [-0.05, 0) is 0 Å². The first-order chi connectivity index (χ1) is 11.4. The Labute approximate surface area is 146 Å². The maximum atomic E-state index is 12.1. The second-order valence-electron chi connectivity index (χ2n) is 7.09. The van der Waals surface area contributed by atoms with Crippen LogP contribution in [0.5, 0.6) is 0 Å². The number of rotatable bonds is 3. The van der Waals surface area contributed by atoms with Crippen LogP contribution in [0.25, 0.3) is 0 Å². The van der Waals surface area contributed by atoms with Crippen molar-refractivity contribution in [1.82, 2.24) is 9.80 Å². The van der Waals surface area contributed by atoms with E-state index in [2.05, 4.69) is 14.8 Å². The number of carbonyl (C=O) groups excluding carboxylic acids is 1. The molecule has 0 spiro atoms. The Morgan fingerprint density at radius 1 is 1.17 bits per heavy atom. The minimum Gasteiger partial charge on any atom is -0.447 e. The average molecular weight is 359 g/mol. The molecule has 138 valence electrons. The summed E-state index contributed by atoms with van der Waals surface area (Å²) >= 11 is 0. The predicted molar refractivity (Wildman–Crippen MR) is 94.9 cm³/mol. The lowest BCUT2D eigenvalue weighted by molar-refractivity contribution is 0.0641. The Bertz CT molecular complexity index is 474. The van der Waals surface area contributed by atoms with Gasteiger partial charge in [0, 0.05) is 60.4 Å². The molecule has 8 heteroatoms. The highest BCUT2D eigenvalue weighted by atomic mass is 32.2. The Hall–Kier alpha value is -0.990. The van der Waals surface area contributed by atoms with Crippen molar-refractivity contribution in [3.8, 4) is 0 Å². The van der Waals surface area contributed by atoms with Crippen LogP contribution in [-0.2, 0) is 20.3 Å². The summed E-state index contributed by atoms with van der Waals surface area (Å²) in [6.07, 6.45) is -0.535. The second-order valence-corrected chi connectivity index (χ2v) is 8.79. The van der Waals surface area contributed by atoms with E-state index >= 15 is 0 Å². The van der Waals surface area contributed by atoms with Gasteiger partial charge in [-0.1, -0.05) is 20.8 Å². The van der Waals surface area contributed by atoms with Gasteiger partial charge in [0.05, 0.1) is 13.2 Å². The smallest absolute Gasteiger partial charge is 0.435 e. The number of amidine groups is 1. The minimum atomic E-state index is -0.683. The molecule has 0 aliphatic carbocycles. The Balaban J connectivity index is 1.84. The van der Waals surface area contributed by atoms with Crippen molar-refractivity contribution in [2.24, 2.45) is 10.4 Å². The zero-order valence-corrected chi connectivity index (χ0v) is 15.8. The van der Waals surface area contributed by atoms with Crippen molar-refractivity contribution < 1.29 is 18.5 Å². The Kier molecular flexibility index (Phi) is 7.18. The molecule has 0 saturated carbocycles. The van der Waals surface area contributed by atoms with Gasteiger partial charge in [-0.25, -0.2) is 4.79 Å². The van der Waals surface area contributed by atoms with Crippen LogP contribution in [0.3, 0.4) is 0 Å². The van der Waals surface area contributed by atoms with Gasteiger partial charge in [-0.3, -0.25) is 9.11 Å². The lowest BCUT2D eigenvalue weighted by Gasteiger charge is -2.35. The van der Waals surface area contributed by atoms with Crippen LogP contribution in [0, 0.1) is 5.41 Å². The van der Waals surface area contributed by atoms with Crippen molar-refractivity contribution in [3.05, 3.63) is 0 Å². The summed E-state index contributed by atoms with van der Waals surface area (Å²) < 4.78 is 22.0. The van der Waals surface area contributed by atoms with Crippen LogP contribution in [0.1, 0.15) is 20.8 Å². The third-order valence-electron chi connectivity index (χ3n) is 4.08. The largest absolute Gasteiger partial charge is 0.447 e. The molecule has 1 amide bonds. The molecule has 0 radical (unpaired) electrons. The number of aliphatic imine (C=N–C) groups is 1. The molecule has 2 aliphatic rings. The van der Waals surface area contributed by atoms with Crippen molar-refractivity contribution >= 4 is 22.7 Å². The summed E-state index contributed by atoms with van der Waals surface area (Å²) in [6, 6.07) is 0. The summed E-state index contributed by atoms with van der Waals surface area (Å²) in [4.78, 5) is 20.6. The number of morpholine rings is 1. The molecule has 7 nitrogen and oxygen atoms in total. The summed E-state index contributed by atoms with van der Waals surface area (Å²) in [5.74, 6) is 2.17. The SMILES string of the molecule is CC(C)(C)/C(=N/C(=O)OCCN1CCS(=O)CC1)N1CCOCC1.